The largest absolute Gasteiger partial charge is 0.449 e. The standard InChI is InChI=1S/C15H16N2O/c16-11-14-8-9-15(18-14)12-17-10-4-7-13-5-2-1-3-6-13/h1-3,5-6,8-9,17H,4,7,10,12H2. The van der Waals surface area contributed by atoms with Crippen LogP contribution in [-0.4, -0.2) is 6.54 Å². The van der Waals surface area contributed by atoms with Gasteiger partial charge >= 0.3 is 0 Å². The number of benzene rings is 1. The highest BCUT2D eigenvalue weighted by Gasteiger charge is 1.99. The zero-order chi connectivity index (χ0) is 12.6. The monoisotopic (exact) mass is 240 g/mol. The fourth-order valence-corrected chi connectivity index (χ4v) is 1.81. The summed E-state index contributed by atoms with van der Waals surface area (Å²) in [6.45, 7) is 1.62. The summed E-state index contributed by atoms with van der Waals surface area (Å²) in [7, 11) is 0. The third-order valence-corrected chi connectivity index (χ3v) is 2.73. The van der Waals surface area contributed by atoms with E-state index in [4.69, 9.17) is 9.68 Å². The lowest BCUT2D eigenvalue weighted by atomic mass is 10.1. The Hall–Kier alpha value is -2.05. The van der Waals surface area contributed by atoms with Gasteiger partial charge in [-0.15, -0.1) is 0 Å². The van der Waals surface area contributed by atoms with Crippen LogP contribution in [0.15, 0.2) is 46.9 Å². The molecule has 0 amide bonds. The molecule has 0 aliphatic carbocycles. The molecule has 0 saturated carbocycles. The number of hydrogen-bond acceptors (Lipinski definition) is 3. The van der Waals surface area contributed by atoms with Gasteiger partial charge in [-0.05, 0) is 37.1 Å². The van der Waals surface area contributed by atoms with Gasteiger partial charge in [0.05, 0.1) is 6.54 Å². The van der Waals surface area contributed by atoms with Gasteiger partial charge in [-0.25, -0.2) is 0 Å². The van der Waals surface area contributed by atoms with Crippen LogP contribution in [0.4, 0.5) is 0 Å². The molecule has 18 heavy (non-hydrogen) atoms. The minimum absolute atomic E-state index is 0.371. The number of nitrogens with zero attached hydrogens (tertiary/aromatic N) is 1. The molecule has 0 aliphatic heterocycles. The zero-order valence-corrected chi connectivity index (χ0v) is 10.2. The van der Waals surface area contributed by atoms with Gasteiger partial charge < -0.3 is 9.73 Å². The summed E-state index contributed by atoms with van der Waals surface area (Å²) >= 11 is 0. The first kappa shape index (κ1) is 12.4. The second kappa shape index (κ2) is 6.63. The van der Waals surface area contributed by atoms with Crippen LogP contribution in [0.3, 0.4) is 0 Å². The molecule has 1 N–H and O–H groups in total. The molecule has 0 aliphatic rings. The van der Waals surface area contributed by atoms with E-state index in [1.54, 1.807) is 6.07 Å². The minimum Gasteiger partial charge on any atom is -0.449 e. The third kappa shape index (κ3) is 3.76. The lowest BCUT2D eigenvalue weighted by Gasteiger charge is -2.03. The summed E-state index contributed by atoms with van der Waals surface area (Å²) in [4.78, 5) is 0. The van der Waals surface area contributed by atoms with Crippen LogP contribution in [0, 0.1) is 11.3 Å². The van der Waals surface area contributed by atoms with Crippen LogP contribution in [0.1, 0.15) is 23.5 Å². The average molecular weight is 240 g/mol. The Morgan fingerprint density at radius 3 is 2.67 bits per heavy atom. The molecule has 0 fully saturated rings. The van der Waals surface area contributed by atoms with Crippen LogP contribution in [-0.2, 0) is 13.0 Å². The van der Waals surface area contributed by atoms with E-state index in [0.29, 0.717) is 12.3 Å². The summed E-state index contributed by atoms with van der Waals surface area (Å²) in [6.07, 6.45) is 2.17. The first-order valence-corrected chi connectivity index (χ1v) is 6.12. The highest BCUT2D eigenvalue weighted by Crippen LogP contribution is 2.06. The molecule has 3 heteroatoms. The molecular weight excluding hydrogens is 224 g/mol. The Labute approximate surface area is 107 Å². The first-order valence-electron chi connectivity index (χ1n) is 6.12. The molecule has 0 radical (unpaired) electrons. The van der Waals surface area contributed by atoms with Gasteiger partial charge in [0.15, 0.2) is 0 Å². The van der Waals surface area contributed by atoms with Gasteiger partial charge in [0.25, 0.3) is 0 Å². The topological polar surface area (TPSA) is 49.0 Å². The van der Waals surface area contributed by atoms with E-state index < -0.39 is 0 Å². The molecule has 1 heterocycles. The van der Waals surface area contributed by atoms with Crippen molar-refractivity contribution >= 4 is 0 Å². The van der Waals surface area contributed by atoms with Crippen LogP contribution < -0.4 is 5.32 Å². The van der Waals surface area contributed by atoms with E-state index in [0.717, 1.165) is 25.1 Å². The molecule has 2 aromatic rings. The van der Waals surface area contributed by atoms with Crippen molar-refractivity contribution in [3.63, 3.8) is 0 Å². The molecule has 92 valence electrons. The van der Waals surface area contributed by atoms with E-state index in [9.17, 15) is 0 Å². The third-order valence-electron chi connectivity index (χ3n) is 2.73. The van der Waals surface area contributed by atoms with E-state index in [-0.39, 0.29) is 0 Å². The molecule has 0 bridgehead atoms. The predicted molar refractivity (Wildman–Crippen MR) is 69.9 cm³/mol. The SMILES string of the molecule is N#Cc1ccc(CNCCCc2ccccc2)o1. The van der Waals surface area contributed by atoms with Gasteiger partial charge in [-0.2, -0.15) is 5.26 Å². The van der Waals surface area contributed by atoms with Crippen molar-refractivity contribution < 1.29 is 4.42 Å². The number of aryl methyl sites for hydroxylation is 1. The minimum atomic E-state index is 0.371. The maximum absolute atomic E-state index is 8.62. The quantitative estimate of drug-likeness (QED) is 0.790. The number of nitrogens with one attached hydrogen (secondary N) is 1. The first-order chi connectivity index (χ1) is 8.88. The molecule has 0 spiro atoms. The number of rotatable bonds is 6. The Bertz CT molecular complexity index is 511. The summed E-state index contributed by atoms with van der Waals surface area (Å²) < 4.78 is 5.27. The van der Waals surface area contributed by atoms with Crippen LogP contribution >= 0.6 is 0 Å². The van der Waals surface area contributed by atoms with Crippen molar-refractivity contribution in [3.05, 3.63) is 59.5 Å². The normalized spacial score (nSPS) is 10.2. The van der Waals surface area contributed by atoms with Crippen molar-refractivity contribution in [2.24, 2.45) is 0 Å². The van der Waals surface area contributed by atoms with Crippen molar-refractivity contribution in [3.8, 4) is 6.07 Å². The number of hydrogen-bond donors (Lipinski definition) is 1. The Balaban J connectivity index is 1.63. The Morgan fingerprint density at radius 2 is 1.94 bits per heavy atom. The molecule has 1 aromatic carbocycles. The van der Waals surface area contributed by atoms with Crippen LogP contribution in [0.2, 0.25) is 0 Å². The van der Waals surface area contributed by atoms with Gasteiger partial charge in [0.1, 0.15) is 11.8 Å². The molecule has 1 aromatic heterocycles. The van der Waals surface area contributed by atoms with Gasteiger partial charge in [0.2, 0.25) is 5.76 Å². The Kier molecular flexibility index (Phi) is 4.57. The van der Waals surface area contributed by atoms with Gasteiger partial charge in [0, 0.05) is 0 Å². The van der Waals surface area contributed by atoms with Crippen molar-refractivity contribution in [1.82, 2.24) is 5.32 Å². The van der Waals surface area contributed by atoms with Crippen molar-refractivity contribution in [2.75, 3.05) is 6.54 Å². The fourth-order valence-electron chi connectivity index (χ4n) is 1.81. The molecule has 3 nitrogen and oxygen atoms in total. The lowest BCUT2D eigenvalue weighted by molar-refractivity contribution is 0.472. The van der Waals surface area contributed by atoms with Crippen LogP contribution in [0.25, 0.3) is 0 Å². The van der Waals surface area contributed by atoms with E-state index in [2.05, 4.69) is 29.6 Å². The molecule has 0 saturated heterocycles. The maximum Gasteiger partial charge on any atom is 0.203 e. The fraction of sp³-hybridized carbons (Fsp3) is 0.267. The second-order valence-electron chi connectivity index (χ2n) is 4.14. The lowest BCUT2D eigenvalue weighted by Crippen LogP contribution is -2.14. The van der Waals surface area contributed by atoms with Crippen LogP contribution in [0.5, 0.6) is 0 Å². The smallest absolute Gasteiger partial charge is 0.203 e. The highest BCUT2D eigenvalue weighted by molar-refractivity contribution is 5.19. The Morgan fingerprint density at radius 1 is 1.11 bits per heavy atom. The molecular formula is C15H16N2O. The summed E-state index contributed by atoms with van der Waals surface area (Å²) in [6, 6.07) is 16.0. The summed E-state index contributed by atoms with van der Waals surface area (Å²) in [5.74, 6) is 1.18. The van der Waals surface area contributed by atoms with Gasteiger partial charge in [-0.3, -0.25) is 0 Å². The summed E-state index contributed by atoms with van der Waals surface area (Å²) in [5, 5.41) is 11.9. The predicted octanol–water partition coefficient (Wildman–Crippen LogP) is 2.87. The summed E-state index contributed by atoms with van der Waals surface area (Å²) in [5.41, 5.74) is 1.36. The second-order valence-corrected chi connectivity index (χ2v) is 4.14. The van der Waals surface area contributed by atoms with E-state index >= 15 is 0 Å². The van der Waals surface area contributed by atoms with Crippen molar-refractivity contribution in [2.45, 2.75) is 19.4 Å². The van der Waals surface area contributed by atoms with Crippen molar-refractivity contribution in [1.29, 1.82) is 5.26 Å². The van der Waals surface area contributed by atoms with E-state index in [1.165, 1.54) is 5.56 Å². The number of nitriles is 1. The van der Waals surface area contributed by atoms with Gasteiger partial charge in [-0.1, -0.05) is 30.3 Å². The molecule has 0 unspecified atom stereocenters. The zero-order valence-electron chi connectivity index (χ0n) is 10.2. The number of furan rings is 1. The average Bonchev–Trinajstić information content (AvgIpc) is 2.87. The maximum atomic E-state index is 8.62. The molecule has 0 atom stereocenters. The highest BCUT2D eigenvalue weighted by atomic mass is 16.3. The molecule has 2 rings (SSSR count). The van der Waals surface area contributed by atoms with E-state index in [1.807, 2.05) is 18.2 Å².